The Balaban J connectivity index is 0.880. The molecule has 0 saturated carbocycles. The molecule has 3 nitrogen and oxygen atoms in total. The fourth-order valence-corrected chi connectivity index (χ4v) is 12.5. The molecule has 346 valence electrons. The topological polar surface area (TPSA) is 21.3 Å². The van der Waals surface area contributed by atoms with E-state index in [1.807, 2.05) is 6.07 Å². The van der Waals surface area contributed by atoms with E-state index < -0.39 is 5.41 Å². The highest BCUT2D eigenvalue weighted by Crippen LogP contribution is 2.59. The molecule has 0 aliphatic heterocycles. The SMILES string of the molecule is c1ccc(C2(c3ccccc3)c3ccccc3-c3c(N(c4ccc(-c5ccc(-n6c7ccccc7c7ccc8ccccc8c76)cc5)cc4)c4ccc(-c5cccc6c5oc5ccccc56)cc4)cccc32)cc1. The van der Waals surface area contributed by atoms with Crippen molar-refractivity contribution in [2.45, 2.75) is 5.41 Å². The van der Waals surface area contributed by atoms with Crippen molar-refractivity contribution < 1.29 is 4.42 Å². The summed E-state index contributed by atoms with van der Waals surface area (Å²) in [4.78, 5) is 2.45. The van der Waals surface area contributed by atoms with Crippen LogP contribution in [-0.2, 0) is 5.41 Å². The minimum absolute atomic E-state index is 0.534. The quantitative estimate of drug-likeness (QED) is 0.151. The van der Waals surface area contributed by atoms with Crippen molar-refractivity contribution in [2.75, 3.05) is 4.90 Å². The highest BCUT2D eigenvalue weighted by Gasteiger charge is 2.47. The molecule has 1 aliphatic rings. The number of furan rings is 1. The fraction of sp³-hybridized carbons (Fsp3) is 0.0141. The first-order valence-corrected chi connectivity index (χ1v) is 25.5. The molecule has 74 heavy (non-hydrogen) atoms. The van der Waals surface area contributed by atoms with E-state index in [9.17, 15) is 0 Å². The van der Waals surface area contributed by atoms with Gasteiger partial charge in [-0.2, -0.15) is 0 Å². The number of benzene rings is 12. The molecule has 2 aromatic heterocycles. The summed E-state index contributed by atoms with van der Waals surface area (Å²) in [5.74, 6) is 0. The van der Waals surface area contributed by atoms with Gasteiger partial charge in [-0.05, 0) is 104 Å². The number of anilines is 3. The van der Waals surface area contributed by atoms with Crippen molar-refractivity contribution in [3.05, 3.63) is 301 Å². The molecule has 0 fully saturated rings. The van der Waals surface area contributed by atoms with Crippen LogP contribution in [0.5, 0.6) is 0 Å². The maximum atomic E-state index is 6.54. The number of hydrogen-bond donors (Lipinski definition) is 0. The Morgan fingerprint density at radius 3 is 1.65 bits per heavy atom. The van der Waals surface area contributed by atoms with Crippen LogP contribution in [-0.4, -0.2) is 4.57 Å². The van der Waals surface area contributed by atoms with Crippen LogP contribution in [0.4, 0.5) is 17.1 Å². The Morgan fingerprint density at radius 2 is 0.905 bits per heavy atom. The van der Waals surface area contributed by atoms with Crippen molar-refractivity contribution >= 4 is 71.6 Å². The normalized spacial score (nSPS) is 12.7. The Morgan fingerprint density at radius 1 is 0.351 bits per heavy atom. The van der Waals surface area contributed by atoms with E-state index in [4.69, 9.17) is 4.42 Å². The van der Waals surface area contributed by atoms with Gasteiger partial charge in [-0.15, -0.1) is 0 Å². The molecule has 1 aliphatic carbocycles. The summed E-state index contributed by atoms with van der Waals surface area (Å²) in [6.45, 7) is 0. The van der Waals surface area contributed by atoms with Gasteiger partial charge in [0.05, 0.1) is 22.1 Å². The highest BCUT2D eigenvalue weighted by atomic mass is 16.3. The summed E-state index contributed by atoms with van der Waals surface area (Å²) in [7, 11) is 0. The number of rotatable bonds is 8. The zero-order chi connectivity index (χ0) is 48.7. The van der Waals surface area contributed by atoms with Gasteiger partial charge in [0.25, 0.3) is 0 Å². The van der Waals surface area contributed by atoms with E-state index in [1.165, 1.54) is 66.0 Å². The molecule has 15 rings (SSSR count). The van der Waals surface area contributed by atoms with E-state index in [2.05, 4.69) is 282 Å². The number of hydrogen-bond acceptors (Lipinski definition) is 2. The number of nitrogens with zero attached hydrogens (tertiary/aromatic N) is 2. The molecule has 0 bridgehead atoms. The fourth-order valence-electron chi connectivity index (χ4n) is 12.5. The number of fused-ring (bicyclic) bond motifs is 11. The van der Waals surface area contributed by atoms with Crippen molar-refractivity contribution in [1.29, 1.82) is 0 Å². The maximum absolute atomic E-state index is 6.54. The van der Waals surface area contributed by atoms with Gasteiger partial charge in [0.1, 0.15) is 11.2 Å². The van der Waals surface area contributed by atoms with Crippen LogP contribution in [0.15, 0.2) is 283 Å². The van der Waals surface area contributed by atoms with Crippen molar-refractivity contribution in [2.24, 2.45) is 0 Å². The van der Waals surface area contributed by atoms with E-state index >= 15 is 0 Å². The molecule has 0 unspecified atom stereocenters. The molecule has 14 aromatic rings. The molecule has 0 spiro atoms. The Labute approximate surface area is 429 Å². The molecule has 2 heterocycles. The van der Waals surface area contributed by atoms with Crippen molar-refractivity contribution in [3.63, 3.8) is 0 Å². The Hall–Kier alpha value is -9.70. The summed E-state index contributed by atoms with van der Waals surface area (Å²) in [5, 5.41) is 7.26. The van der Waals surface area contributed by atoms with Gasteiger partial charge in [0.15, 0.2) is 0 Å². The standard InChI is InChI=1S/C71H46N2O/c1-3-18-51(19-4-1)71(52-20-5-2-6-21-52)63-28-12-9-25-62(63)68-64(71)29-16-31-66(68)72(54-44-37-50(38-45-54)57-26-15-27-61-59-24-11-14-32-67(59)74-70(57)61)53-40-33-47(34-41-53)48-35-42-55(43-36-48)73-65-30-13-10-23-58(65)60-46-39-49-17-7-8-22-56(49)69(60)73/h1-46H. The zero-order valence-electron chi connectivity index (χ0n) is 40.4. The lowest BCUT2D eigenvalue weighted by Gasteiger charge is -2.34. The van der Waals surface area contributed by atoms with Crippen LogP contribution in [0.25, 0.3) is 93.6 Å². The smallest absolute Gasteiger partial charge is 0.143 e. The average molecular weight is 943 g/mol. The second-order valence-corrected chi connectivity index (χ2v) is 19.5. The summed E-state index contributed by atoms with van der Waals surface area (Å²) < 4.78 is 8.97. The second kappa shape index (κ2) is 16.7. The van der Waals surface area contributed by atoms with Gasteiger partial charge in [-0.25, -0.2) is 0 Å². The lowest BCUT2D eigenvalue weighted by atomic mass is 9.68. The largest absolute Gasteiger partial charge is 0.455 e. The van der Waals surface area contributed by atoms with E-state index in [1.54, 1.807) is 0 Å². The molecule has 0 atom stereocenters. The summed E-state index contributed by atoms with van der Waals surface area (Å²) in [5.41, 5.74) is 20.1. The third-order valence-corrected chi connectivity index (χ3v) is 15.7. The molecular formula is C71H46N2O. The zero-order valence-corrected chi connectivity index (χ0v) is 40.4. The molecule has 12 aromatic carbocycles. The lowest BCUT2D eigenvalue weighted by molar-refractivity contribution is 0.670. The highest BCUT2D eigenvalue weighted by molar-refractivity contribution is 6.18. The minimum atomic E-state index is -0.534. The van der Waals surface area contributed by atoms with Crippen LogP contribution in [0.2, 0.25) is 0 Å². The van der Waals surface area contributed by atoms with Crippen molar-refractivity contribution in [1.82, 2.24) is 4.57 Å². The first-order valence-electron chi connectivity index (χ1n) is 25.5. The predicted molar refractivity (Wildman–Crippen MR) is 308 cm³/mol. The summed E-state index contributed by atoms with van der Waals surface area (Å²) in [6, 6.07) is 102. The molecular weight excluding hydrogens is 897 g/mol. The molecule has 0 amide bonds. The third kappa shape index (κ3) is 6.27. The number of para-hydroxylation sites is 3. The summed E-state index contributed by atoms with van der Waals surface area (Å²) in [6.07, 6.45) is 0. The van der Waals surface area contributed by atoms with Crippen LogP contribution >= 0.6 is 0 Å². The Kier molecular flexibility index (Phi) is 9.48. The minimum Gasteiger partial charge on any atom is -0.455 e. The van der Waals surface area contributed by atoms with Gasteiger partial charge in [-0.1, -0.05) is 224 Å². The van der Waals surface area contributed by atoms with Crippen LogP contribution < -0.4 is 4.90 Å². The predicted octanol–water partition coefficient (Wildman–Crippen LogP) is 19.0. The van der Waals surface area contributed by atoms with Crippen LogP contribution in [0.3, 0.4) is 0 Å². The average Bonchev–Trinajstić information content (AvgIpc) is 4.14. The monoisotopic (exact) mass is 942 g/mol. The molecule has 0 saturated heterocycles. The first-order chi connectivity index (χ1) is 36.7. The van der Waals surface area contributed by atoms with E-state index in [0.717, 1.165) is 66.9 Å². The second-order valence-electron chi connectivity index (χ2n) is 19.5. The molecule has 3 heteroatoms. The third-order valence-electron chi connectivity index (χ3n) is 15.7. The summed E-state index contributed by atoms with van der Waals surface area (Å²) >= 11 is 0. The van der Waals surface area contributed by atoms with Gasteiger partial charge in [0, 0.05) is 55.1 Å². The van der Waals surface area contributed by atoms with Crippen LogP contribution in [0, 0.1) is 0 Å². The molecule has 0 radical (unpaired) electrons. The molecule has 0 N–H and O–H groups in total. The van der Waals surface area contributed by atoms with Gasteiger partial charge in [-0.3, -0.25) is 0 Å². The van der Waals surface area contributed by atoms with Gasteiger partial charge in [0.2, 0.25) is 0 Å². The van der Waals surface area contributed by atoms with Gasteiger partial charge >= 0.3 is 0 Å². The lowest BCUT2D eigenvalue weighted by Crippen LogP contribution is -2.28. The van der Waals surface area contributed by atoms with Gasteiger partial charge < -0.3 is 13.9 Å². The number of aromatic nitrogens is 1. The Bertz CT molecular complexity index is 4410. The van der Waals surface area contributed by atoms with Crippen molar-refractivity contribution in [3.8, 4) is 39.1 Å². The van der Waals surface area contributed by atoms with E-state index in [-0.39, 0.29) is 0 Å². The first kappa shape index (κ1) is 42.0. The van der Waals surface area contributed by atoms with E-state index in [0.29, 0.717) is 0 Å². The maximum Gasteiger partial charge on any atom is 0.143 e. The van der Waals surface area contributed by atoms with Crippen LogP contribution in [0.1, 0.15) is 22.3 Å².